The molecule has 1 amide bonds. The first-order valence-electron chi connectivity index (χ1n) is 7.85. The van der Waals surface area contributed by atoms with Crippen LogP contribution in [0.1, 0.15) is 68.3 Å². The lowest BCUT2D eigenvalue weighted by molar-refractivity contribution is -0.138. The molecule has 0 saturated carbocycles. The Balaban J connectivity index is 2.21. The van der Waals surface area contributed by atoms with Crippen LogP contribution in [0.2, 0.25) is 0 Å². The molecule has 0 aliphatic heterocycles. The van der Waals surface area contributed by atoms with Gasteiger partial charge in [-0.25, -0.2) is 0 Å². The number of rotatable bonds is 5. The first-order valence-corrected chi connectivity index (χ1v) is 7.85. The second-order valence-corrected chi connectivity index (χ2v) is 6.59. The molecule has 1 aliphatic carbocycles. The summed E-state index contributed by atoms with van der Waals surface area (Å²) >= 11 is 0. The molecule has 22 heavy (non-hydrogen) atoms. The number of nitrogens with one attached hydrogen (secondary N) is 1. The highest BCUT2D eigenvalue weighted by molar-refractivity contribution is 5.94. The topological polar surface area (TPSA) is 92.4 Å². The molecule has 1 aliphatic rings. The second kappa shape index (κ2) is 6.50. The summed E-state index contributed by atoms with van der Waals surface area (Å²) in [5.74, 6) is -0.495. The van der Waals surface area contributed by atoms with Gasteiger partial charge in [0.05, 0.1) is 12.0 Å². The number of carboxylic acids is 1. The number of hydrogen-bond acceptors (Lipinski definition) is 4. The second-order valence-electron chi connectivity index (χ2n) is 6.59. The van der Waals surface area contributed by atoms with Crippen molar-refractivity contribution in [3.63, 3.8) is 0 Å². The molecule has 2 rings (SSSR count). The summed E-state index contributed by atoms with van der Waals surface area (Å²) in [4.78, 5) is 23.6. The Bertz CT molecular complexity index is 564. The van der Waals surface area contributed by atoms with Gasteiger partial charge in [0.15, 0.2) is 5.69 Å². The zero-order chi connectivity index (χ0) is 16.3. The standard InChI is InChI=1S/C16H24N2O4/c1-10(2)16(3,9-13(19)20)17-15(21)14-11-7-5-4-6-8-12(11)22-18-14/h10H,4-9H2,1-3H3,(H,17,21)(H,19,20). The molecule has 1 heterocycles. The Hall–Kier alpha value is -1.85. The van der Waals surface area contributed by atoms with Crippen LogP contribution < -0.4 is 5.32 Å². The molecule has 1 unspecified atom stereocenters. The first kappa shape index (κ1) is 16.5. The minimum atomic E-state index is -0.935. The number of aromatic nitrogens is 1. The van der Waals surface area contributed by atoms with Crippen LogP contribution in [-0.4, -0.2) is 27.7 Å². The lowest BCUT2D eigenvalue weighted by atomic mass is 9.85. The number of nitrogens with zero attached hydrogens (tertiary/aromatic N) is 1. The fraction of sp³-hybridized carbons (Fsp3) is 0.688. The summed E-state index contributed by atoms with van der Waals surface area (Å²) in [7, 11) is 0. The van der Waals surface area contributed by atoms with Crippen LogP contribution in [-0.2, 0) is 17.6 Å². The lowest BCUT2D eigenvalue weighted by Gasteiger charge is -2.33. The Kier molecular flexibility index (Phi) is 4.88. The van der Waals surface area contributed by atoms with E-state index in [9.17, 15) is 9.59 Å². The Morgan fingerprint density at radius 2 is 2.00 bits per heavy atom. The molecular formula is C16H24N2O4. The average molecular weight is 308 g/mol. The van der Waals surface area contributed by atoms with Gasteiger partial charge in [-0.1, -0.05) is 25.4 Å². The summed E-state index contributed by atoms with van der Waals surface area (Å²) < 4.78 is 5.32. The molecule has 0 bridgehead atoms. The molecule has 0 saturated heterocycles. The van der Waals surface area contributed by atoms with Crippen LogP contribution in [0.3, 0.4) is 0 Å². The maximum atomic E-state index is 12.6. The highest BCUT2D eigenvalue weighted by atomic mass is 16.5. The fourth-order valence-corrected chi connectivity index (χ4v) is 2.77. The molecule has 1 aromatic heterocycles. The fourth-order valence-electron chi connectivity index (χ4n) is 2.77. The number of hydrogen-bond donors (Lipinski definition) is 2. The molecule has 6 heteroatoms. The highest BCUT2D eigenvalue weighted by Crippen LogP contribution is 2.26. The third-order valence-electron chi connectivity index (χ3n) is 4.61. The number of carbonyl (C=O) groups is 2. The molecule has 0 radical (unpaired) electrons. The SMILES string of the molecule is CC(C)C(C)(CC(=O)O)NC(=O)c1noc2c1CCCCC2. The van der Waals surface area contributed by atoms with Crippen molar-refractivity contribution < 1.29 is 19.2 Å². The van der Waals surface area contributed by atoms with Crippen LogP contribution >= 0.6 is 0 Å². The molecule has 0 spiro atoms. The summed E-state index contributed by atoms with van der Waals surface area (Å²) in [6.45, 7) is 5.54. The normalized spacial score (nSPS) is 17.5. The molecule has 122 valence electrons. The van der Waals surface area contributed by atoms with Gasteiger partial charge in [-0.2, -0.15) is 0 Å². The maximum Gasteiger partial charge on any atom is 0.305 e. The van der Waals surface area contributed by atoms with Crippen LogP contribution in [0.5, 0.6) is 0 Å². The van der Waals surface area contributed by atoms with E-state index in [1.807, 2.05) is 13.8 Å². The van der Waals surface area contributed by atoms with Crippen molar-refractivity contribution in [3.8, 4) is 0 Å². The molecule has 0 aromatic carbocycles. The van der Waals surface area contributed by atoms with Crippen LogP contribution in [0.4, 0.5) is 0 Å². The number of aliphatic carboxylic acids is 1. The summed E-state index contributed by atoms with van der Waals surface area (Å²) in [6.07, 6.45) is 4.66. The summed E-state index contributed by atoms with van der Waals surface area (Å²) in [5, 5.41) is 15.9. The summed E-state index contributed by atoms with van der Waals surface area (Å²) in [6, 6.07) is 0. The Labute approximate surface area is 130 Å². The van der Waals surface area contributed by atoms with E-state index in [2.05, 4.69) is 10.5 Å². The van der Waals surface area contributed by atoms with E-state index in [0.29, 0.717) is 5.69 Å². The van der Waals surface area contributed by atoms with Gasteiger partial charge in [0.2, 0.25) is 0 Å². The predicted octanol–water partition coefficient (Wildman–Crippen LogP) is 2.56. The van der Waals surface area contributed by atoms with E-state index in [0.717, 1.165) is 43.4 Å². The van der Waals surface area contributed by atoms with Crippen molar-refractivity contribution in [2.45, 2.75) is 64.8 Å². The number of fused-ring (bicyclic) bond motifs is 1. The minimum Gasteiger partial charge on any atom is -0.481 e. The van der Waals surface area contributed by atoms with Gasteiger partial charge in [0, 0.05) is 12.0 Å². The van der Waals surface area contributed by atoms with Gasteiger partial charge >= 0.3 is 5.97 Å². The van der Waals surface area contributed by atoms with Crippen LogP contribution in [0, 0.1) is 5.92 Å². The third kappa shape index (κ3) is 3.48. The number of amides is 1. The lowest BCUT2D eigenvalue weighted by Crippen LogP contribution is -2.51. The minimum absolute atomic E-state index is 0.0157. The zero-order valence-electron chi connectivity index (χ0n) is 13.4. The molecule has 6 nitrogen and oxygen atoms in total. The quantitative estimate of drug-likeness (QED) is 0.816. The van der Waals surface area contributed by atoms with Crippen molar-refractivity contribution in [3.05, 3.63) is 17.0 Å². The number of carboxylic acid groups (broad SMARTS) is 1. The highest BCUT2D eigenvalue weighted by Gasteiger charge is 2.35. The van der Waals surface area contributed by atoms with Crippen molar-refractivity contribution in [1.29, 1.82) is 0 Å². The van der Waals surface area contributed by atoms with Crippen molar-refractivity contribution in [2.75, 3.05) is 0 Å². The molecule has 1 aromatic rings. The Morgan fingerprint density at radius 3 is 2.64 bits per heavy atom. The van der Waals surface area contributed by atoms with E-state index in [1.54, 1.807) is 6.92 Å². The van der Waals surface area contributed by atoms with E-state index in [-0.39, 0.29) is 18.2 Å². The van der Waals surface area contributed by atoms with Gasteiger partial charge in [0.25, 0.3) is 5.91 Å². The zero-order valence-corrected chi connectivity index (χ0v) is 13.4. The maximum absolute atomic E-state index is 12.6. The van der Waals surface area contributed by atoms with Crippen LogP contribution in [0.25, 0.3) is 0 Å². The van der Waals surface area contributed by atoms with Crippen molar-refractivity contribution >= 4 is 11.9 Å². The van der Waals surface area contributed by atoms with Crippen molar-refractivity contribution in [2.24, 2.45) is 5.92 Å². The van der Waals surface area contributed by atoms with E-state index in [1.165, 1.54) is 0 Å². The molecule has 1 atom stereocenters. The van der Waals surface area contributed by atoms with E-state index in [4.69, 9.17) is 9.63 Å². The Morgan fingerprint density at radius 1 is 1.32 bits per heavy atom. The summed E-state index contributed by atoms with van der Waals surface area (Å²) in [5.41, 5.74) is 0.380. The molecular weight excluding hydrogens is 284 g/mol. The average Bonchev–Trinajstić information content (AvgIpc) is 2.67. The largest absolute Gasteiger partial charge is 0.481 e. The van der Waals surface area contributed by atoms with Crippen molar-refractivity contribution in [1.82, 2.24) is 10.5 Å². The van der Waals surface area contributed by atoms with Gasteiger partial charge in [-0.3, -0.25) is 9.59 Å². The van der Waals surface area contributed by atoms with E-state index < -0.39 is 11.5 Å². The monoisotopic (exact) mass is 308 g/mol. The molecule has 0 fully saturated rings. The van der Waals surface area contributed by atoms with Crippen LogP contribution in [0.15, 0.2) is 4.52 Å². The van der Waals surface area contributed by atoms with Gasteiger partial charge < -0.3 is 14.9 Å². The van der Waals surface area contributed by atoms with Gasteiger partial charge in [-0.05, 0) is 32.1 Å². The predicted molar refractivity (Wildman–Crippen MR) is 80.7 cm³/mol. The molecule has 2 N–H and O–H groups in total. The van der Waals surface area contributed by atoms with E-state index >= 15 is 0 Å². The smallest absolute Gasteiger partial charge is 0.305 e. The number of carbonyl (C=O) groups excluding carboxylic acids is 1. The first-order chi connectivity index (χ1) is 10.3. The third-order valence-corrected chi connectivity index (χ3v) is 4.61. The number of aryl methyl sites for hydroxylation is 1. The van der Waals surface area contributed by atoms with Gasteiger partial charge in [0.1, 0.15) is 5.76 Å². The van der Waals surface area contributed by atoms with Gasteiger partial charge in [-0.15, -0.1) is 0 Å².